The van der Waals surface area contributed by atoms with Gasteiger partial charge in [0.15, 0.2) is 23.1 Å². The van der Waals surface area contributed by atoms with Gasteiger partial charge in [-0.25, -0.2) is 8.78 Å². The first-order valence-electron chi connectivity index (χ1n) is 9.78. The fraction of sp³-hybridized carbons (Fsp3) is 0.391. The Morgan fingerprint density at radius 1 is 0.839 bits per heavy atom. The molecular weight excluding hydrogens is 410 g/mol. The van der Waals surface area contributed by atoms with E-state index in [-0.39, 0.29) is 47.1 Å². The minimum Gasteiger partial charge on any atom is -0.505 e. The van der Waals surface area contributed by atoms with Gasteiger partial charge in [0.25, 0.3) is 0 Å². The highest BCUT2D eigenvalue weighted by Gasteiger charge is 2.45. The quantitative estimate of drug-likeness (QED) is 0.719. The molecule has 0 aromatic heterocycles. The van der Waals surface area contributed by atoms with Crippen molar-refractivity contribution in [2.75, 3.05) is 21.3 Å². The van der Waals surface area contributed by atoms with E-state index in [9.17, 15) is 18.4 Å². The predicted octanol–water partition coefficient (Wildman–Crippen LogP) is 3.92. The SMILES string of the molecule is COC(=O)C1CC1c1ccc(O)c(F)c1.COC(=O)C1CC1c1ccc(OC)c(F)c1. The highest BCUT2D eigenvalue weighted by Crippen LogP contribution is 2.49. The molecule has 0 amide bonds. The molecule has 4 atom stereocenters. The van der Waals surface area contributed by atoms with Crippen LogP contribution in [0.15, 0.2) is 36.4 Å². The van der Waals surface area contributed by atoms with Crippen LogP contribution >= 0.6 is 0 Å². The number of phenolic OH excluding ortho intramolecular Hbond substituents is 1. The van der Waals surface area contributed by atoms with Gasteiger partial charge in [0, 0.05) is 0 Å². The smallest absolute Gasteiger partial charge is 0.309 e. The van der Waals surface area contributed by atoms with E-state index in [1.165, 1.54) is 39.5 Å². The molecule has 4 rings (SSSR count). The zero-order valence-electron chi connectivity index (χ0n) is 17.4. The molecule has 0 radical (unpaired) electrons. The van der Waals surface area contributed by atoms with Gasteiger partial charge in [-0.3, -0.25) is 9.59 Å². The predicted molar refractivity (Wildman–Crippen MR) is 107 cm³/mol. The van der Waals surface area contributed by atoms with Crippen LogP contribution in [0.2, 0.25) is 0 Å². The Labute approximate surface area is 178 Å². The second kappa shape index (κ2) is 9.32. The summed E-state index contributed by atoms with van der Waals surface area (Å²) in [5.74, 6) is -1.81. The van der Waals surface area contributed by atoms with Crippen molar-refractivity contribution < 1.29 is 37.7 Å². The Morgan fingerprint density at radius 2 is 1.32 bits per heavy atom. The van der Waals surface area contributed by atoms with Gasteiger partial charge < -0.3 is 19.3 Å². The molecule has 4 unspecified atom stereocenters. The summed E-state index contributed by atoms with van der Waals surface area (Å²) < 4.78 is 40.5. The molecule has 0 aliphatic heterocycles. The zero-order valence-corrected chi connectivity index (χ0v) is 17.4. The molecule has 6 nitrogen and oxygen atoms in total. The minimum atomic E-state index is -0.650. The summed E-state index contributed by atoms with van der Waals surface area (Å²) in [6, 6.07) is 8.99. The number of rotatable bonds is 5. The minimum absolute atomic E-state index is 0.0348. The molecule has 1 N–H and O–H groups in total. The number of hydrogen-bond donors (Lipinski definition) is 1. The van der Waals surface area contributed by atoms with Crippen LogP contribution in [0.5, 0.6) is 11.5 Å². The Balaban J connectivity index is 0.000000176. The Morgan fingerprint density at radius 3 is 1.74 bits per heavy atom. The number of phenols is 1. The molecule has 0 heterocycles. The van der Waals surface area contributed by atoms with E-state index in [0.717, 1.165) is 17.5 Å². The van der Waals surface area contributed by atoms with E-state index in [1.807, 2.05) is 0 Å². The number of halogens is 2. The normalized spacial score (nSPS) is 23.1. The molecule has 2 fully saturated rings. The average molecular weight is 434 g/mol. The molecule has 2 aromatic rings. The lowest BCUT2D eigenvalue weighted by atomic mass is 10.1. The van der Waals surface area contributed by atoms with E-state index in [0.29, 0.717) is 6.42 Å². The number of esters is 2. The van der Waals surface area contributed by atoms with Crippen LogP contribution in [0.1, 0.15) is 35.8 Å². The maximum absolute atomic E-state index is 13.4. The van der Waals surface area contributed by atoms with Crippen molar-refractivity contribution in [1.82, 2.24) is 0 Å². The molecule has 2 saturated carbocycles. The first-order chi connectivity index (χ1) is 14.8. The molecule has 2 aromatic carbocycles. The monoisotopic (exact) mass is 434 g/mol. The van der Waals surface area contributed by atoms with Gasteiger partial charge >= 0.3 is 11.9 Å². The molecule has 31 heavy (non-hydrogen) atoms. The van der Waals surface area contributed by atoms with Crippen LogP contribution in [-0.4, -0.2) is 38.4 Å². The maximum Gasteiger partial charge on any atom is 0.309 e. The van der Waals surface area contributed by atoms with Crippen molar-refractivity contribution >= 4 is 11.9 Å². The molecule has 0 saturated heterocycles. The number of carbonyl (C=O) groups excluding carboxylic acids is 2. The molecular formula is C23H24F2O6. The zero-order chi connectivity index (χ0) is 22.7. The van der Waals surface area contributed by atoms with Gasteiger partial charge in [-0.15, -0.1) is 0 Å². The Kier molecular flexibility index (Phi) is 6.77. The summed E-state index contributed by atoms with van der Waals surface area (Å²) in [7, 11) is 4.13. The van der Waals surface area contributed by atoms with Crippen molar-refractivity contribution in [2.24, 2.45) is 11.8 Å². The summed E-state index contributed by atoms with van der Waals surface area (Å²) in [6.07, 6.45) is 1.43. The Bertz CT molecular complexity index is 977. The topological polar surface area (TPSA) is 82.1 Å². The van der Waals surface area contributed by atoms with Crippen LogP contribution in [0.3, 0.4) is 0 Å². The molecule has 2 aliphatic rings. The number of aromatic hydroxyl groups is 1. The van der Waals surface area contributed by atoms with Crippen molar-refractivity contribution in [3.63, 3.8) is 0 Å². The van der Waals surface area contributed by atoms with E-state index in [1.54, 1.807) is 18.2 Å². The third-order valence-electron chi connectivity index (χ3n) is 5.59. The van der Waals surface area contributed by atoms with Gasteiger partial charge in [-0.05, 0) is 60.1 Å². The highest BCUT2D eigenvalue weighted by molar-refractivity contribution is 5.77. The van der Waals surface area contributed by atoms with E-state index in [2.05, 4.69) is 9.47 Å². The average Bonchev–Trinajstić information content (AvgIpc) is 3.68. The Hall–Kier alpha value is -3.16. The van der Waals surface area contributed by atoms with Gasteiger partial charge in [0.05, 0.1) is 33.2 Å². The maximum atomic E-state index is 13.4. The van der Waals surface area contributed by atoms with Crippen LogP contribution in [0, 0.1) is 23.5 Å². The third-order valence-corrected chi connectivity index (χ3v) is 5.59. The first-order valence-corrected chi connectivity index (χ1v) is 9.78. The molecule has 2 aliphatic carbocycles. The molecule has 166 valence electrons. The van der Waals surface area contributed by atoms with Gasteiger partial charge in [0.2, 0.25) is 0 Å². The number of benzene rings is 2. The van der Waals surface area contributed by atoms with Crippen LogP contribution in [0.4, 0.5) is 8.78 Å². The number of carbonyl (C=O) groups is 2. The lowest BCUT2D eigenvalue weighted by Crippen LogP contribution is -2.04. The van der Waals surface area contributed by atoms with Gasteiger partial charge in [0.1, 0.15) is 0 Å². The summed E-state index contributed by atoms with van der Waals surface area (Å²) in [4.78, 5) is 22.4. The lowest BCUT2D eigenvalue weighted by molar-refractivity contribution is -0.143. The van der Waals surface area contributed by atoms with E-state index >= 15 is 0 Å². The fourth-order valence-corrected chi connectivity index (χ4v) is 3.62. The number of hydrogen-bond acceptors (Lipinski definition) is 6. The van der Waals surface area contributed by atoms with E-state index in [4.69, 9.17) is 9.84 Å². The molecule has 0 spiro atoms. The van der Waals surface area contributed by atoms with Crippen LogP contribution < -0.4 is 4.74 Å². The van der Waals surface area contributed by atoms with Crippen LogP contribution in [-0.2, 0) is 19.1 Å². The first kappa shape index (κ1) is 22.5. The summed E-state index contributed by atoms with van der Waals surface area (Å²) in [5.41, 5.74) is 1.56. The van der Waals surface area contributed by atoms with Gasteiger partial charge in [-0.2, -0.15) is 0 Å². The fourth-order valence-electron chi connectivity index (χ4n) is 3.62. The molecule has 0 bridgehead atoms. The molecule has 8 heteroatoms. The lowest BCUT2D eigenvalue weighted by Gasteiger charge is -2.04. The van der Waals surface area contributed by atoms with Gasteiger partial charge in [-0.1, -0.05) is 12.1 Å². The number of methoxy groups -OCH3 is 3. The second-order valence-electron chi connectivity index (χ2n) is 7.55. The summed E-state index contributed by atoms with van der Waals surface area (Å²) in [6.45, 7) is 0. The third kappa shape index (κ3) is 5.13. The second-order valence-corrected chi connectivity index (χ2v) is 7.55. The van der Waals surface area contributed by atoms with Crippen molar-refractivity contribution in [2.45, 2.75) is 24.7 Å². The van der Waals surface area contributed by atoms with E-state index < -0.39 is 11.6 Å². The van der Waals surface area contributed by atoms with Crippen molar-refractivity contribution in [3.05, 3.63) is 59.2 Å². The van der Waals surface area contributed by atoms with Crippen LogP contribution in [0.25, 0.3) is 0 Å². The summed E-state index contributed by atoms with van der Waals surface area (Å²) >= 11 is 0. The highest BCUT2D eigenvalue weighted by atomic mass is 19.1. The van der Waals surface area contributed by atoms with Crippen molar-refractivity contribution in [3.8, 4) is 11.5 Å². The largest absolute Gasteiger partial charge is 0.505 e. The number of ether oxygens (including phenoxy) is 3. The van der Waals surface area contributed by atoms with Crippen molar-refractivity contribution in [1.29, 1.82) is 0 Å². The standard InChI is InChI=1S/C12H13FO3.C11H11FO3/c1-15-11-4-3-7(5-10(11)13)8-6-9(8)12(14)16-2;1-15-11(14)8-5-7(8)6-2-3-10(13)9(12)4-6/h3-5,8-9H,6H2,1-2H3;2-4,7-8,13H,5H2,1H3. The summed E-state index contributed by atoms with van der Waals surface area (Å²) in [5, 5.41) is 9.00.